The van der Waals surface area contributed by atoms with Gasteiger partial charge in [0.15, 0.2) is 0 Å². The Hall–Kier alpha value is -2.04. The van der Waals surface area contributed by atoms with E-state index in [0.29, 0.717) is 18.4 Å². The van der Waals surface area contributed by atoms with Crippen molar-refractivity contribution in [3.8, 4) is 0 Å². The average Bonchev–Trinajstić information content (AvgIpc) is 2.91. The number of amides is 1. The standard InChI is InChI=1S/C16H21N3O2/c1-19(16(20)21)10-11-6-8-12(9-7-11)15-17-13-4-2-3-5-14(13)18-15/h2-5,11-12H,6-10H2,1H3,(H,17,18)(H,20,21). The molecule has 1 aromatic heterocycles. The summed E-state index contributed by atoms with van der Waals surface area (Å²) in [4.78, 5) is 20.4. The van der Waals surface area contributed by atoms with Crippen molar-refractivity contribution < 1.29 is 9.90 Å². The normalized spacial score (nSPS) is 22.3. The molecular formula is C16H21N3O2. The largest absolute Gasteiger partial charge is 0.465 e. The van der Waals surface area contributed by atoms with Gasteiger partial charge in [-0.2, -0.15) is 0 Å². The van der Waals surface area contributed by atoms with Crippen LogP contribution in [0.1, 0.15) is 37.4 Å². The molecule has 0 radical (unpaired) electrons. The number of carboxylic acid groups (broad SMARTS) is 1. The molecule has 2 N–H and O–H groups in total. The number of hydrogen-bond donors (Lipinski definition) is 2. The van der Waals surface area contributed by atoms with E-state index in [0.717, 1.165) is 42.5 Å². The first-order chi connectivity index (χ1) is 10.1. The predicted molar refractivity (Wildman–Crippen MR) is 81.4 cm³/mol. The van der Waals surface area contributed by atoms with Crippen molar-refractivity contribution in [3.63, 3.8) is 0 Å². The zero-order chi connectivity index (χ0) is 14.8. The Labute approximate surface area is 124 Å². The third kappa shape index (κ3) is 3.01. The van der Waals surface area contributed by atoms with Crippen LogP contribution in [0.4, 0.5) is 4.79 Å². The minimum absolute atomic E-state index is 0.476. The number of imidazole rings is 1. The van der Waals surface area contributed by atoms with Crippen molar-refractivity contribution in [2.24, 2.45) is 5.92 Å². The molecule has 0 saturated heterocycles. The van der Waals surface area contributed by atoms with E-state index in [1.54, 1.807) is 7.05 Å². The number of H-pyrrole nitrogens is 1. The van der Waals surface area contributed by atoms with Crippen LogP contribution >= 0.6 is 0 Å². The molecule has 0 bridgehead atoms. The summed E-state index contributed by atoms with van der Waals surface area (Å²) in [6, 6.07) is 8.11. The zero-order valence-electron chi connectivity index (χ0n) is 12.2. The van der Waals surface area contributed by atoms with E-state index in [1.807, 2.05) is 18.2 Å². The van der Waals surface area contributed by atoms with Gasteiger partial charge in [0.2, 0.25) is 0 Å². The Balaban J connectivity index is 1.61. The third-order valence-corrected chi connectivity index (χ3v) is 4.50. The molecule has 3 rings (SSSR count). The van der Waals surface area contributed by atoms with E-state index in [2.05, 4.69) is 11.1 Å². The Morgan fingerprint density at radius 2 is 2.05 bits per heavy atom. The number of nitrogens with zero attached hydrogens (tertiary/aromatic N) is 2. The monoisotopic (exact) mass is 287 g/mol. The molecule has 5 heteroatoms. The molecule has 0 atom stereocenters. The number of rotatable bonds is 3. The highest BCUT2D eigenvalue weighted by Gasteiger charge is 2.26. The second-order valence-electron chi connectivity index (χ2n) is 6.02. The van der Waals surface area contributed by atoms with Crippen LogP contribution in [0.3, 0.4) is 0 Å². The van der Waals surface area contributed by atoms with Gasteiger partial charge in [0.25, 0.3) is 0 Å². The van der Waals surface area contributed by atoms with Gasteiger partial charge in [-0.25, -0.2) is 9.78 Å². The van der Waals surface area contributed by atoms with E-state index in [9.17, 15) is 4.79 Å². The van der Waals surface area contributed by atoms with Gasteiger partial charge in [-0.1, -0.05) is 12.1 Å². The summed E-state index contributed by atoms with van der Waals surface area (Å²) in [5, 5.41) is 8.93. The number of aromatic amines is 1. The van der Waals surface area contributed by atoms with Crippen molar-refractivity contribution in [3.05, 3.63) is 30.1 Å². The fourth-order valence-corrected chi connectivity index (χ4v) is 3.25. The highest BCUT2D eigenvalue weighted by atomic mass is 16.4. The first-order valence-electron chi connectivity index (χ1n) is 7.52. The minimum atomic E-state index is -0.839. The molecule has 5 nitrogen and oxygen atoms in total. The predicted octanol–water partition coefficient (Wildman–Crippen LogP) is 3.45. The Bertz CT molecular complexity index is 596. The Kier molecular flexibility index (Phi) is 3.82. The summed E-state index contributed by atoms with van der Waals surface area (Å²) in [6.45, 7) is 0.641. The summed E-state index contributed by atoms with van der Waals surface area (Å²) in [5.74, 6) is 2.04. The Morgan fingerprint density at radius 1 is 1.33 bits per heavy atom. The van der Waals surface area contributed by atoms with Crippen molar-refractivity contribution >= 4 is 17.1 Å². The average molecular weight is 287 g/mol. The number of aromatic nitrogens is 2. The number of benzene rings is 1. The second kappa shape index (κ2) is 5.76. The number of carbonyl (C=O) groups is 1. The fraction of sp³-hybridized carbons (Fsp3) is 0.500. The molecule has 1 saturated carbocycles. The lowest BCUT2D eigenvalue weighted by Gasteiger charge is -2.29. The molecule has 1 aliphatic rings. The molecule has 2 aromatic rings. The molecule has 112 valence electrons. The molecule has 1 aromatic carbocycles. The molecule has 0 spiro atoms. The number of nitrogens with one attached hydrogen (secondary N) is 1. The summed E-state index contributed by atoms with van der Waals surface area (Å²) >= 11 is 0. The van der Waals surface area contributed by atoms with Gasteiger partial charge in [-0.05, 0) is 43.7 Å². The van der Waals surface area contributed by atoms with E-state index in [1.165, 1.54) is 4.90 Å². The smallest absolute Gasteiger partial charge is 0.407 e. The van der Waals surface area contributed by atoms with Crippen LogP contribution in [0.25, 0.3) is 11.0 Å². The molecule has 0 aliphatic heterocycles. The summed E-state index contributed by atoms with van der Waals surface area (Å²) < 4.78 is 0. The SMILES string of the molecule is CN(CC1CCC(c2nc3ccccc3[nH]2)CC1)C(=O)O. The van der Waals surface area contributed by atoms with Gasteiger partial charge in [0, 0.05) is 19.5 Å². The number of fused-ring (bicyclic) bond motifs is 1. The van der Waals surface area contributed by atoms with E-state index in [4.69, 9.17) is 10.1 Å². The number of para-hydroxylation sites is 2. The molecule has 1 aliphatic carbocycles. The highest BCUT2D eigenvalue weighted by Crippen LogP contribution is 2.35. The molecular weight excluding hydrogens is 266 g/mol. The molecule has 1 amide bonds. The summed E-state index contributed by atoms with van der Waals surface area (Å²) in [5.41, 5.74) is 2.13. The van der Waals surface area contributed by atoms with Gasteiger partial charge >= 0.3 is 6.09 Å². The van der Waals surface area contributed by atoms with Gasteiger partial charge in [-0.3, -0.25) is 0 Å². The van der Waals surface area contributed by atoms with Crippen LogP contribution in [0.2, 0.25) is 0 Å². The van der Waals surface area contributed by atoms with Crippen LogP contribution in [0.15, 0.2) is 24.3 Å². The third-order valence-electron chi connectivity index (χ3n) is 4.50. The van der Waals surface area contributed by atoms with E-state index >= 15 is 0 Å². The maximum atomic E-state index is 10.9. The van der Waals surface area contributed by atoms with Crippen LogP contribution in [-0.4, -0.2) is 39.7 Å². The van der Waals surface area contributed by atoms with E-state index in [-0.39, 0.29) is 0 Å². The summed E-state index contributed by atoms with van der Waals surface area (Å²) in [6.07, 6.45) is 3.46. The topological polar surface area (TPSA) is 69.2 Å². The van der Waals surface area contributed by atoms with E-state index < -0.39 is 6.09 Å². The lowest BCUT2D eigenvalue weighted by Crippen LogP contribution is -2.32. The molecule has 0 unspecified atom stereocenters. The lowest BCUT2D eigenvalue weighted by molar-refractivity contribution is 0.142. The first-order valence-corrected chi connectivity index (χ1v) is 7.52. The van der Waals surface area contributed by atoms with Crippen LogP contribution in [0.5, 0.6) is 0 Å². The molecule has 1 fully saturated rings. The van der Waals surface area contributed by atoms with Crippen molar-refractivity contribution in [1.82, 2.24) is 14.9 Å². The quantitative estimate of drug-likeness (QED) is 0.908. The fourth-order valence-electron chi connectivity index (χ4n) is 3.25. The first kappa shape index (κ1) is 13.9. The van der Waals surface area contributed by atoms with Gasteiger partial charge in [0.05, 0.1) is 11.0 Å². The van der Waals surface area contributed by atoms with Crippen molar-refractivity contribution in [1.29, 1.82) is 0 Å². The minimum Gasteiger partial charge on any atom is -0.465 e. The van der Waals surface area contributed by atoms with Crippen LogP contribution in [-0.2, 0) is 0 Å². The van der Waals surface area contributed by atoms with Gasteiger partial charge in [0.1, 0.15) is 5.82 Å². The lowest BCUT2D eigenvalue weighted by atomic mass is 9.81. The number of hydrogen-bond acceptors (Lipinski definition) is 2. The highest BCUT2D eigenvalue weighted by molar-refractivity contribution is 5.74. The maximum Gasteiger partial charge on any atom is 0.407 e. The maximum absolute atomic E-state index is 10.9. The molecule has 21 heavy (non-hydrogen) atoms. The second-order valence-corrected chi connectivity index (χ2v) is 6.02. The van der Waals surface area contributed by atoms with Crippen LogP contribution in [0, 0.1) is 5.92 Å². The zero-order valence-corrected chi connectivity index (χ0v) is 12.2. The van der Waals surface area contributed by atoms with Gasteiger partial charge < -0.3 is 15.0 Å². The van der Waals surface area contributed by atoms with Crippen molar-refractivity contribution in [2.75, 3.05) is 13.6 Å². The Morgan fingerprint density at radius 3 is 2.71 bits per heavy atom. The van der Waals surface area contributed by atoms with Crippen LogP contribution < -0.4 is 0 Å². The summed E-state index contributed by atoms with van der Waals surface area (Å²) in [7, 11) is 1.65. The van der Waals surface area contributed by atoms with Gasteiger partial charge in [-0.15, -0.1) is 0 Å². The van der Waals surface area contributed by atoms with Crippen molar-refractivity contribution in [2.45, 2.75) is 31.6 Å². The molecule has 1 heterocycles.